The number of amides is 1. The van der Waals surface area contributed by atoms with Gasteiger partial charge in [-0.05, 0) is 50.6 Å². The third kappa shape index (κ3) is 4.63. The van der Waals surface area contributed by atoms with Gasteiger partial charge in [-0.3, -0.25) is 4.79 Å². The zero-order chi connectivity index (χ0) is 18.4. The maximum absolute atomic E-state index is 13.9. The lowest BCUT2D eigenvalue weighted by molar-refractivity contribution is 0.0936. The third-order valence-corrected chi connectivity index (χ3v) is 3.92. The van der Waals surface area contributed by atoms with Crippen LogP contribution in [-0.2, 0) is 0 Å². The summed E-state index contributed by atoms with van der Waals surface area (Å²) in [6.45, 7) is 6.60. The number of nitrogens with one attached hydrogen (secondary N) is 1. The van der Waals surface area contributed by atoms with E-state index in [0.29, 0.717) is 24.7 Å². The zero-order valence-corrected chi connectivity index (χ0v) is 15.2. The number of rotatable bonds is 7. The first-order valence-corrected chi connectivity index (χ1v) is 8.50. The Labute approximate surface area is 151 Å². The molecule has 1 N–H and O–H groups in total. The lowest BCUT2D eigenvalue weighted by Crippen LogP contribution is -2.27. The van der Waals surface area contributed by atoms with Crippen molar-refractivity contribution in [2.24, 2.45) is 0 Å². The second-order valence-corrected chi connectivity index (χ2v) is 5.77. The molecule has 0 saturated carbocycles. The number of carbonyl (C=O) groups is 1. The molecule has 1 atom stereocenters. The molecule has 0 radical (unpaired) electrons. The Morgan fingerprint density at radius 2 is 1.84 bits per heavy atom. The summed E-state index contributed by atoms with van der Waals surface area (Å²) in [6, 6.07) is 9.22. The van der Waals surface area contributed by atoms with Gasteiger partial charge in [0.2, 0.25) is 0 Å². The molecule has 0 spiro atoms. The van der Waals surface area contributed by atoms with E-state index >= 15 is 0 Å². The first-order chi connectivity index (χ1) is 12.0. The summed E-state index contributed by atoms with van der Waals surface area (Å²) in [5.41, 5.74) is 0.652. The quantitative estimate of drug-likeness (QED) is 0.769. The van der Waals surface area contributed by atoms with E-state index in [4.69, 9.17) is 21.1 Å². The first kappa shape index (κ1) is 19.1. The molecule has 0 aliphatic heterocycles. The lowest BCUT2D eigenvalue weighted by Gasteiger charge is -2.18. The van der Waals surface area contributed by atoms with Crippen LogP contribution in [0.25, 0.3) is 0 Å². The summed E-state index contributed by atoms with van der Waals surface area (Å²) in [7, 11) is 0. The van der Waals surface area contributed by atoms with Gasteiger partial charge in [0.25, 0.3) is 5.91 Å². The van der Waals surface area contributed by atoms with E-state index in [0.717, 1.165) is 5.56 Å². The molecule has 1 amide bonds. The Balaban J connectivity index is 2.21. The molecule has 0 bridgehead atoms. The van der Waals surface area contributed by atoms with Crippen molar-refractivity contribution in [2.75, 3.05) is 13.2 Å². The van der Waals surface area contributed by atoms with Crippen molar-refractivity contribution in [2.45, 2.75) is 26.8 Å². The van der Waals surface area contributed by atoms with Gasteiger partial charge in [-0.1, -0.05) is 23.7 Å². The van der Waals surface area contributed by atoms with Gasteiger partial charge in [0.05, 0.1) is 29.8 Å². The molecule has 25 heavy (non-hydrogen) atoms. The Hall–Kier alpha value is -2.27. The Kier molecular flexibility index (Phi) is 6.65. The average Bonchev–Trinajstić information content (AvgIpc) is 2.56. The summed E-state index contributed by atoms with van der Waals surface area (Å²) in [6.07, 6.45) is 0. The van der Waals surface area contributed by atoms with Crippen molar-refractivity contribution >= 4 is 17.5 Å². The summed E-state index contributed by atoms with van der Waals surface area (Å²) < 4.78 is 25.0. The Morgan fingerprint density at radius 3 is 2.48 bits per heavy atom. The molecule has 0 fully saturated rings. The largest absolute Gasteiger partial charge is 0.490 e. The number of ether oxygens (including phenoxy) is 2. The summed E-state index contributed by atoms with van der Waals surface area (Å²) in [4.78, 5) is 12.4. The van der Waals surface area contributed by atoms with Gasteiger partial charge in [0.15, 0.2) is 11.5 Å². The fraction of sp³-hybridized carbons (Fsp3) is 0.316. The second-order valence-electron chi connectivity index (χ2n) is 5.36. The molecule has 0 aromatic heterocycles. The molecule has 0 aliphatic rings. The van der Waals surface area contributed by atoms with Crippen LogP contribution in [0.5, 0.6) is 11.5 Å². The molecule has 1 unspecified atom stereocenters. The molecule has 0 aliphatic carbocycles. The molecule has 2 aromatic carbocycles. The van der Waals surface area contributed by atoms with Crippen molar-refractivity contribution in [1.29, 1.82) is 0 Å². The summed E-state index contributed by atoms with van der Waals surface area (Å²) in [5.74, 6) is 0.0250. The molecular weight excluding hydrogens is 345 g/mol. The Morgan fingerprint density at radius 1 is 1.16 bits per heavy atom. The fourth-order valence-corrected chi connectivity index (χ4v) is 2.65. The van der Waals surface area contributed by atoms with Crippen LogP contribution in [0.2, 0.25) is 5.02 Å². The third-order valence-electron chi connectivity index (χ3n) is 3.60. The highest BCUT2D eigenvalue weighted by Gasteiger charge is 2.19. The van der Waals surface area contributed by atoms with E-state index < -0.39 is 11.7 Å². The van der Waals surface area contributed by atoms with Crippen LogP contribution in [0.1, 0.15) is 42.7 Å². The number of carbonyl (C=O) groups excluding carboxylic acids is 1. The van der Waals surface area contributed by atoms with Crippen molar-refractivity contribution in [3.8, 4) is 11.5 Å². The SMILES string of the molecule is CCOc1ccc(C(C)NC(=O)c2c(F)cccc2Cl)cc1OCC. The number of hydrogen-bond donors (Lipinski definition) is 1. The fourth-order valence-electron chi connectivity index (χ4n) is 2.40. The van der Waals surface area contributed by atoms with Gasteiger partial charge in [-0.25, -0.2) is 4.39 Å². The second kappa shape index (κ2) is 8.72. The van der Waals surface area contributed by atoms with E-state index in [9.17, 15) is 9.18 Å². The Bertz CT molecular complexity index is 731. The molecule has 2 rings (SSSR count). The predicted molar refractivity (Wildman–Crippen MR) is 96.1 cm³/mol. The maximum Gasteiger partial charge on any atom is 0.256 e. The molecular formula is C19H21ClFNO3. The molecule has 0 saturated heterocycles. The van der Waals surface area contributed by atoms with Gasteiger partial charge in [-0.2, -0.15) is 0 Å². The van der Waals surface area contributed by atoms with Gasteiger partial charge in [0, 0.05) is 0 Å². The highest BCUT2D eigenvalue weighted by atomic mass is 35.5. The lowest BCUT2D eigenvalue weighted by atomic mass is 10.1. The van der Waals surface area contributed by atoms with Crippen LogP contribution in [-0.4, -0.2) is 19.1 Å². The maximum atomic E-state index is 13.9. The van der Waals surface area contributed by atoms with Gasteiger partial charge in [0.1, 0.15) is 5.82 Å². The van der Waals surface area contributed by atoms with Crippen LogP contribution in [0.3, 0.4) is 0 Å². The summed E-state index contributed by atoms with van der Waals surface area (Å²) >= 11 is 5.94. The van der Waals surface area contributed by atoms with E-state index in [1.165, 1.54) is 18.2 Å². The van der Waals surface area contributed by atoms with E-state index in [1.54, 1.807) is 13.0 Å². The van der Waals surface area contributed by atoms with E-state index in [1.807, 2.05) is 26.0 Å². The van der Waals surface area contributed by atoms with E-state index in [2.05, 4.69) is 5.32 Å². The number of benzene rings is 2. The molecule has 2 aromatic rings. The molecule has 4 nitrogen and oxygen atoms in total. The number of halogens is 2. The van der Waals surface area contributed by atoms with Crippen LogP contribution >= 0.6 is 11.6 Å². The summed E-state index contributed by atoms with van der Waals surface area (Å²) in [5, 5.41) is 2.83. The molecule has 6 heteroatoms. The van der Waals surface area contributed by atoms with Gasteiger partial charge < -0.3 is 14.8 Å². The predicted octanol–water partition coefficient (Wildman–Crippen LogP) is 4.77. The van der Waals surface area contributed by atoms with Crippen LogP contribution < -0.4 is 14.8 Å². The van der Waals surface area contributed by atoms with Crippen molar-refractivity contribution in [3.63, 3.8) is 0 Å². The normalized spacial score (nSPS) is 11.7. The van der Waals surface area contributed by atoms with Crippen molar-refractivity contribution in [1.82, 2.24) is 5.32 Å². The number of hydrogen-bond acceptors (Lipinski definition) is 3. The van der Waals surface area contributed by atoms with Crippen LogP contribution in [0.15, 0.2) is 36.4 Å². The zero-order valence-electron chi connectivity index (χ0n) is 14.4. The minimum Gasteiger partial charge on any atom is -0.490 e. The first-order valence-electron chi connectivity index (χ1n) is 8.12. The van der Waals surface area contributed by atoms with Crippen molar-refractivity contribution in [3.05, 3.63) is 58.4 Å². The molecule has 0 heterocycles. The van der Waals surface area contributed by atoms with E-state index in [-0.39, 0.29) is 16.6 Å². The van der Waals surface area contributed by atoms with Gasteiger partial charge >= 0.3 is 0 Å². The topological polar surface area (TPSA) is 47.6 Å². The average molecular weight is 366 g/mol. The minimum atomic E-state index is -0.654. The highest BCUT2D eigenvalue weighted by Crippen LogP contribution is 2.31. The minimum absolute atomic E-state index is 0.0754. The van der Waals surface area contributed by atoms with Crippen LogP contribution in [0.4, 0.5) is 4.39 Å². The van der Waals surface area contributed by atoms with Crippen LogP contribution in [0, 0.1) is 5.82 Å². The smallest absolute Gasteiger partial charge is 0.256 e. The van der Waals surface area contributed by atoms with Gasteiger partial charge in [-0.15, -0.1) is 0 Å². The standard InChI is InChI=1S/C19H21ClFNO3/c1-4-24-16-10-9-13(11-17(16)25-5-2)12(3)22-19(23)18-14(20)7-6-8-15(18)21/h6-12H,4-5H2,1-3H3,(H,22,23). The monoisotopic (exact) mass is 365 g/mol. The highest BCUT2D eigenvalue weighted by molar-refractivity contribution is 6.33. The molecule has 134 valence electrons. The van der Waals surface area contributed by atoms with Crippen molar-refractivity contribution < 1.29 is 18.7 Å².